The first-order valence-corrected chi connectivity index (χ1v) is 8.73. The van der Waals surface area contributed by atoms with Gasteiger partial charge in [0.05, 0.1) is 5.71 Å². The molecule has 2 fully saturated rings. The molecule has 0 aromatic rings. The number of carbonyl (C=O) groups excluding carboxylic acids is 1. The van der Waals surface area contributed by atoms with Crippen LogP contribution >= 0.6 is 0 Å². The molecular formula is C17H30N4O. The van der Waals surface area contributed by atoms with Gasteiger partial charge in [0.15, 0.2) is 0 Å². The molecule has 0 radical (unpaired) electrons. The lowest BCUT2D eigenvalue weighted by molar-refractivity contribution is -0.115. The summed E-state index contributed by atoms with van der Waals surface area (Å²) < 4.78 is 0. The van der Waals surface area contributed by atoms with Gasteiger partial charge in [-0.1, -0.05) is 0 Å². The minimum Gasteiger partial charge on any atom is -0.300 e. The quantitative estimate of drug-likeness (QED) is 0.709. The minimum absolute atomic E-state index is 0.182. The number of Topliss-reactive ketones (excluding diaryl/α,β-unsaturated/α-hetero) is 1. The second kappa shape index (κ2) is 8.91. The molecule has 5 heteroatoms. The first-order valence-electron chi connectivity index (χ1n) is 8.73. The van der Waals surface area contributed by atoms with Crippen molar-refractivity contribution >= 4 is 17.2 Å². The van der Waals surface area contributed by atoms with Gasteiger partial charge in [0.2, 0.25) is 0 Å². The maximum absolute atomic E-state index is 11.5. The van der Waals surface area contributed by atoms with Crippen molar-refractivity contribution in [2.45, 2.75) is 65.2 Å². The highest BCUT2D eigenvalue weighted by atomic mass is 16.1. The van der Waals surface area contributed by atoms with Gasteiger partial charge < -0.3 is 0 Å². The number of piperidine rings is 2. The minimum atomic E-state index is 0.182. The summed E-state index contributed by atoms with van der Waals surface area (Å²) in [6, 6.07) is 0. The summed E-state index contributed by atoms with van der Waals surface area (Å²) in [5.41, 5.74) is 2.03. The van der Waals surface area contributed by atoms with Gasteiger partial charge in [-0.15, -0.1) is 0 Å². The van der Waals surface area contributed by atoms with E-state index in [2.05, 4.69) is 16.9 Å². The molecule has 2 aliphatic rings. The predicted octanol–water partition coefficient (Wildman–Crippen LogP) is 3.06. The molecule has 2 aliphatic heterocycles. The van der Waals surface area contributed by atoms with Gasteiger partial charge in [-0.3, -0.25) is 14.8 Å². The van der Waals surface area contributed by atoms with Crippen LogP contribution in [0.5, 0.6) is 0 Å². The van der Waals surface area contributed by atoms with E-state index in [1.165, 1.54) is 38.5 Å². The van der Waals surface area contributed by atoms with Crippen molar-refractivity contribution in [2.75, 3.05) is 26.2 Å². The van der Waals surface area contributed by atoms with Crippen LogP contribution in [-0.2, 0) is 4.79 Å². The Balaban J connectivity index is 1.96. The largest absolute Gasteiger partial charge is 0.300 e. The molecule has 0 aliphatic carbocycles. The van der Waals surface area contributed by atoms with Crippen LogP contribution in [0, 0.1) is 0 Å². The Morgan fingerprint density at radius 2 is 1.27 bits per heavy atom. The summed E-state index contributed by atoms with van der Waals surface area (Å²) in [7, 11) is 0. The Bertz CT molecular complexity index is 418. The molecule has 0 aromatic heterocycles. The highest BCUT2D eigenvalue weighted by molar-refractivity contribution is 6.10. The molecule has 2 saturated heterocycles. The van der Waals surface area contributed by atoms with Crippen LogP contribution in [-0.4, -0.2) is 53.4 Å². The zero-order valence-corrected chi connectivity index (χ0v) is 14.2. The smallest absolute Gasteiger partial charge is 0.135 e. The van der Waals surface area contributed by atoms with Crippen LogP contribution in [0.1, 0.15) is 65.2 Å². The Labute approximate surface area is 134 Å². The first kappa shape index (κ1) is 17.0. The lowest BCUT2D eigenvalue weighted by atomic mass is 10.1. The molecule has 124 valence electrons. The van der Waals surface area contributed by atoms with Crippen molar-refractivity contribution in [3.05, 3.63) is 0 Å². The van der Waals surface area contributed by atoms with Gasteiger partial charge in [-0.05, 0) is 52.4 Å². The Hall–Kier alpha value is -1.39. The molecule has 5 nitrogen and oxygen atoms in total. The number of hydrazone groups is 2. The van der Waals surface area contributed by atoms with Crippen molar-refractivity contribution in [1.29, 1.82) is 0 Å². The zero-order chi connectivity index (χ0) is 15.8. The first-order chi connectivity index (χ1) is 10.6. The molecule has 0 saturated carbocycles. The van der Waals surface area contributed by atoms with E-state index >= 15 is 0 Å². The van der Waals surface area contributed by atoms with Crippen molar-refractivity contribution in [1.82, 2.24) is 10.0 Å². The summed E-state index contributed by atoms with van der Waals surface area (Å²) in [5, 5.41) is 13.8. The topological polar surface area (TPSA) is 48.3 Å². The summed E-state index contributed by atoms with van der Waals surface area (Å²) >= 11 is 0. The molecule has 22 heavy (non-hydrogen) atoms. The number of ketones is 1. The van der Waals surface area contributed by atoms with E-state index in [0.717, 1.165) is 37.6 Å². The highest BCUT2D eigenvalue weighted by Gasteiger charge is 2.13. The fraction of sp³-hybridized carbons (Fsp3) is 0.824. The molecule has 0 spiro atoms. The van der Waals surface area contributed by atoms with Crippen molar-refractivity contribution in [2.24, 2.45) is 10.2 Å². The lowest BCUT2D eigenvalue weighted by Gasteiger charge is -2.26. The Morgan fingerprint density at radius 3 is 1.77 bits per heavy atom. The van der Waals surface area contributed by atoms with Gasteiger partial charge in [-0.2, -0.15) is 10.2 Å². The summed E-state index contributed by atoms with van der Waals surface area (Å²) in [6.45, 7) is 7.85. The second-order valence-corrected chi connectivity index (χ2v) is 6.59. The second-order valence-electron chi connectivity index (χ2n) is 6.59. The third kappa shape index (κ3) is 6.16. The van der Waals surface area contributed by atoms with Crippen LogP contribution in [0.25, 0.3) is 0 Å². The van der Waals surface area contributed by atoms with E-state index in [4.69, 9.17) is 10.2 Å². The number of carbonyl (C=O) groups is 1. The van der Waals surface area contributed by atoms with E-state index < -0.39 is 0 Å². The van der Waals surface area contributed by atoms with Crippen LogP contribution in [0.4, 0.5) is 0 Å². The van der Waals surface area contributed by atoms with E-state index in [1.54, 1.807) is 6.92 Å². The number of hydrogen-bond donors (Lipinski definition) is 0. The normalized spacial score (nSPS) is 21.2. The maximum Gasteiger partial charge on any atom is 0.135 e. The maximum atomic E-state index is 11.5. The van der Waals surface area contributed by atoms with E-state index in [-0.39, 0.29) is 5.78 Å². The van der Waals surface area contributed by atoms with Gasteiger partial charge in [-0.25, -0.2) is 0 Å². The van der Waals surface area contributed by atoms with Gasteiger partial charge in [0, 0.05) is 44.7 Å². The summed E-state index contributed by atoms with van der Waals surface area (Å²) in [6.07, 6.45) is 8.66. The number of hydrogen-bond acceptors (Lipinski definition) is 5. The van der Waals surface area contributed by atoms with E-state index in [1.807, 2.05) is 0 Å². The van der Waals surface area contributed by atoms with Gasteiger partial charge in [0.25, 0.3) is 0 Å². The molecule has 2 rings (SSSR count). The Morgan fingerprint density at radius 1 is 0.773 bits per heavy atom. The lowest BCUT2D eigenvalue weighted by Crippen LogP contribution is -2.28. The van der Waals surface area contributed by atoms with Crippen LogP contribution < -0.4 is 0 Å². The molecule has 0 atom stereocenters. The van der Waals surface area contributed by atoms with Gasteiger partial charge in [0.1, 0.15) is 5.78 Å². The number of nitrogens with zero attached hydrogens (tertiary/aromatic N) is 4. The van der Waals surface area contributed by atoms with Crippen LogP contribution in [0.2, 0.25) is 0 Å². The van der Waals surface area contributed by atoms with Crippen molar-refractivity contribution in [3.8, 4) is 0 Å². The van der Waals surface area contributed by atoms with Crippen molar-refractivity contribution < 1.29 is 4.79 Å². The molecular weight excluding hydrogens is 276 g/mol. The molecule has 0 aromatic carbocycles. The standard InChI is InChI=1S/C17H30N4O/c1-15(18-20-9-5-3-6-10-20)13-17(14-16(2)22)19-21-11-7-4-8-12-21/h3-14H2,1-2H3/b18-15+,19-17-. The third-order valence-corrected chi connectivity index (χ3v) is 4.17. The molecule has 2 heterocycles. The average molecular weight is 306 g/mol. The van der Waals surface area contributed by atoms with Crippen molar-refractivity contribution in [3.63, 3.8) is 0 Å². The summed E-state index contributed by atoms with van der Waals surface area (Å²) in [5.74, 6) is 0.182. The Kier molecular flexibility index (Phi) is 6.87. The van der Waals surface area contributed by atoms with Crippen LogP contribution in [0.15, 0.2) is 10.2 Å². The molecule has 0 N–H and O–H groups in total. The fourth-order valence-corrected chi connectivity index (χ4v) is 3.15. The SMILES string of the molecule is CC(=O)C/C(C/C(C)=N/N1CCCCC1)=N\N1CCCCC1. The third-order valence-electron chi connectivity index (χ3n) is 4.17. The molecule has 0 amide bonds. The zero-order valence-electron chi connectivity index (χ0n) is 14.2. The fourth-order valence-electron chi connectivity index (χ4n) is 3.15. The predicted molar refractivity (Wildman–Crippen MR) is 91.3 cm³/mol. The van der Waals surface area contributed by atoms with E-state index in [9.17, 15) is 4.79 Å². The molecule has 0 unspecified atom stereocenters. The monoisotopic (exact) mass is 306 g/mol. The highest BCUT2D eigenvalue weighted by Crippen LogP contribution is 2.12. The number of rotatable bonds is 6. The molecule has 0 bridgehead atoms. The van der Waals surface area contributed by atoms with Gasteiger partial charge >= 0.3 is 0 Å². The summed E-state index contributed by atoms with van der Waals surface area (Å²) in [4.78, 5) is 11.5. The van der Waals surface area contributed by atoms with Crippen LogP contribution in [0.3, 0.4) is 0 Å². The van der Waals surface area contributed by atoms with E-state index in [0.29, 0.717) is 12.8 Å². The average Bonchev–Trinajstić information content (AvgIpc) is 2.48.